The van der Waals surface area contributed by atoms with E-state index in [0.29, 0.717) is 6.54 Å². The van der Waals surface area contributed by atoms with Gasteiger partial charge in [0.25, 0.3) is 0 Å². The molecule has 0 saturated carbocycles. The molecular formula is C34H39N7O4. The minimum absolute atomic E-state index is 0.0762. The van der Waals surface area contributed by atoms with E-state index in [1.54, 1.807) is 58.3 Å². The molecule has 11 heteroatoms. The zero-order valence-corrected chi connectivity index (χ0v) is 25.4. The van der Waals surface area contributed by atoms with Crippen molar-refractivity contribution in [1.82, 2.24) is 25.1 Å². The summed E-state index contributed by atoms with van der Waals surface area (Å²) in [6, 6.07) is 20.7. The van der Waals surface area contributed by atoms with Gasteiger partial charge in [0.15, 0.2) is 0 Å². The standard InChI is InChI=1S/C34H39N7O4/c1-4-18-39(34(45)36-20-25-10-7-6-8-11-25)40-23-31(43)41-29(19-24-14-16-28(42)17-15-24)33(44)38(22-30(40)41)21-27-13-9-12-26(5-2)32(27)37(3)35/h4-17,29-30,42H,1-2,18-23,35H2,3H3,(H,36,45)/t29-,30+/m0/s1. The number of rotatable bonds is 11. The van der Waals surface area contributed by atoms with Crippen LogP contribution in [-0.2, 0) is 29.1 Å². The molecule has 2 aliphatic heterocycles. The Morgan fingerprint density at radius 1 is 1.04 bits per heavy atom. The maximum Gasteiger partial charge on any atom is 0.332 e. The van der Waals surface area contributed by atoms with Gasteiger partial charge in [0.05, 0.1) is 25.3 Å². The van der Waals surface area contributed by atoms with Gasteiger partial charge in [-0.3, -0.25) is 14.6 Å². The number of aromatic hydroxyl groups is 1. The van der Waals surface area contributed by atoms with Crippen LogP contribution in [0.3, 0.4) is 0 Å². The van der Waals surface area contributed by atoms with E-state index in [9.17, 15) is 19.5 Å². The molecule has 45 heavy (non-hydrogen) atoms. The van der Waals surface area contributed by atoms with E-state index >= 15 is 0 Å². The van der Waals surface area contributed by atoms with E-state index in [1.165, 1.54) is 10.0 Å². The Hall–Kier alpha value is -5.13. The smallest absolute Gasteiger partial charge is 0.332 e. The van der Waals surface area contributed by atoms with E-state index < -0.39 is 12.2 Å². The third-order valence-corrected chi connectivity index (χ3v) is 8.15. The first kappa shape index (κ1) is 31.3. The normalized spacial score (nSPS) is 18.0. The van der Waals surface area contributed by atoms with Gasteiger partial charge in [-0.2, -0.15) is 5.01 Å². The number of piperazine rings is 1. The fourth-order valence-electron chi connectivity index (χ4n) is 6.08. The molecule has 2 heterocycles. The van der Waals surface area contributed by atoms with Crippen molar-refractivity contribution in [2.75, 3.05) is 31.7 Å². The van der Waals surface area contributed by atoms with Crippen LogP contribution in [-0.4, -0.2) is 81.7 Å². The van der Waals surface area contributed by atoms with Crippen molar-refractivity contribution >= 4 is 29.6 Å². The summed E-state index contributed by atoms with van der Waals surface area (Å²) in [5.74, 6) is 5.86. The molecule has 0 aromatic heterocycles. The highest BCUT2D eigenvalue weighted by Crippen LogP contribution is 2.32. The third-order valence-electron chi connectivity index (χ3n) is 8.15. The number of urea groups is 1. The maximum absolute atomic E-state index is 14.2. The molecule has 0 bridgehead atoms. The van der Waals surface area contributed by atoms with Crippen LogP contribution >= 0.6 is 0 Å². The molecule has 2 aliphatic rings. The molecule has 5 rings (SSSR count). The number of carbonyl (C=O) groups is 3. The number of carbonyl (C=O) groups excluding carboxylic acids is 3. The zero-order valence-electron chi connectivity index (χ0n) is 25.4. The first-order valence-corrected chi connectivity index (χ1v) is 14.8. The quantitative estimate of drug-likeness (QED) is 0.173. The number of phenols is 1. The molecule has 0 unspecified atom stereocenters. The van der Waals surface area contributed by atoms with Crippen LogP contribution in [0, 0.1) is 0 Å². The predicted octanol–water partition coefficient (Wildman–Crippen LogP) is 3.08. The number of phenolic OH excluding ortho intramolecular Hbond substituents is 1. The summed E-state index contributed by atoms with van der Waals surface area (Å²) in [6.45, 7) is 8.55. The Labute approximate surface area is 263 Å². The Morgan fingerprint density at radius 3 is 2.44 bits per heavy atom. The lowest BCUT2D eigenvalue weighted by Gasteiger charge is -2.46. The average Bonchev–Trinajstić information content (AvgIpc) is 3.36. The molecule has 0 aliphatic carbocycles. The SMILES string of the molecule is C=CCN(C(=O)NCc1ccccc1)N1CC(=O)N2[C@@H](Cc3ccc(O)cc3)C(=O)N(Cc3cccc(C=C)c3N(C)N)C[C@@H]21. The summed E-state index contributed by atoms with van der Waals surface area (Å²) in [5, 5.41) is 17.5. The monoisotopic (exact) mass is 609 g/mol. The Balaban J connectivity index is 1.48. The van der Waals surface area contributed by atoms with Crippen molar-refractivity contribution in [1.29, 1.82) is 0 Å². The van der Waals surface area contributed by atoms with Gasteiger partial charge in [0.2, 0.25) is 11.8 Å². The molecular weight excluding hydrogens is 570 g/mol. The van der Waals surface area contributed by atoms with Crippen LogP contribution in [0.4, 0.5) is 10.5 Å². The Kier molecular flexibility index (Phi) is 9.50. The number of fused-ring (bicyclic) bond motifs is 1. The third kappa shape index (κ3) is 6.69. The van der Waals surface area contributed by atoms with Gasteiger partial charge >= 0.3 is 6.03 Å². The van der Waals surface area contributed by atoms with Gasteiger partial charge in [-0.1, -0.05) is 79.4 Å². The molecule has 11 nitrogen and oxygen atoms in total. The number of hydrogen-bond acceptors (Lipinski definition) is 7. The lowest BCUT2D eigenvalue weighted by Crippen LogP contribution is -2.66. The van der Waals surface area contributed by atoms with Gasteiger partial charge in [0, 0.05) is 26.6 Å². The molecule has 4 amide bonds. The van der Waals surface area contributed by atoms with E-state index in [4.69, 9.17) is 5.84 Å². The molecule has 3 aromatic carbocycles. The van der Waals surface area contributed by atoms with Crippen molar-refractivity contribution < 1.29 is 19.5 Å². The summed E-state index contributed by atoms with van der Waals surface area (Å²) < 4.78 is 0. The fourth-order valence-corrected chi connectivity index (χ4v) is 6.08. The number of para-hydroxylation sites is 1. The minimum Gasteiger partial charge on any atom is -0.508 e. The lowest BCUT2D eigenvalue weighted by molar-refractivity contribution is -0.157. The predicted molar refractivity (Wildman–Crippen MR) is 173 cm³/mol. The molecule has 2 saturated heterocycles. The Bertz CT molecular complexity index is 1560. The molecule has 2 atom stereocenters. The summed E-state index contributed by atoms with van der Waals surface area (Å²) in [5.41, 5.74) is 4.12. The molecule has 0 radical (unpaired) electrons. The van der Waals surface area contributed by atoms with Crippen LogP contribution in [0.25, 0.3) is 6.08 Å². The average molecular weight is 610 g/mol. The summed E-state index contributed by atoms with van der Waals surface area (Å²) in [6.07, 6.45) is 2.96. The highest BCUT2D eigenvalue weighted by molar-refractivity contribution is 5.92. The number of anilines is 1. The summed E-state index contributed by atoms with van der Waals surface area (Å²) in [7, 11) is 1.73. The van der Waals surface area contributed by atoms with Crippen molar-refractivity contribution in [2.24, 2.45) is 5.84 Å². The summed E-state index contributed by atoms with van der Waals surface area (Å²) >= 11 is 0. The van der Waals surface area contributed by atoms with Crippen LogP contribution in [0.1, 0.15) is 22.3 Å². The number of nitrogens with two attached hydrogens (primary N) is 1. The highest BCUT2D eigenvalue weighted by Gasteiger charge is 2.52. The Morgan fingerprint density at radius 2 is 1.78 bits per heavy atom. The number of hydrazine groups is 2. The van der Waals surface area contributed by atoms with Crippen molar-refractivity contribution in [3.8, 4) is 5.75 Å². The van der Waals surface area contributed by atoms with Gasteiger partial charge < -0.3 is 25.2 Å². The topological polar surface area (TPSA) is 126 Å². The van der Waals surface area contributed by atoms with Crippen LogP contribution in [0.2, 0.25) is 0 Å². The fraction of sp³-hybridized carbons (Fsp3) is 0.265. The number of hydrogen-bond donors (Lipinski definition) is 3. The van der Waals surface area contributed by atoms with Crippen molar-refractivity contribution in [2.45, 2.75) is 31.7 Å². The van der Waals surface area contributed by atoms with Gasteiger partial charge in [-0.15, -0.1) is 6.58 Å². The van der Waals surface area contributed by atoms with Crippen LogP contribution in [0.15, 0.2) is 92.0 Å². The lowest BCUT2D eigenvalue weighted by atomic mass is 9.99. The van der Waals surface area contributed by atoms with Gasteiger partial charge in [0.1, 0.15) is 18.0 Å². The number of nitrogens with one attached hydrogen (secondary N) is 1. The van der Waals surface area contributed by atoms with Crippen LogP contribution in [0.5, 0.6) is 5.75 Å². The molecule has 0 spiro atoms. The molecule has 3 aromatic rings. The maximum atomic E-state index is 14.2. The second-order valence-corrected chi connectivity index (χ2v) is 11.2. The van der Waals surface area contributed by atoms with Gasteiger partial charge in [-0.05, 0) is 34.4 Å². The second-order valence-electron chi connectivity index (χ2n) is 11.2. The zero-order chi connectivity index (χ0) is 32.1. The number of amides is 4. The number of benzene rings is 3. The highest BCUT2D eigenvalue weighted by atomic mass is 16.3. The molecule has 234 valence electrons. The van der Waals surface area contributed by atoms with Crippen molar-refractivity contribution in [3.05, 3.63) is 114 Å². The van der Waals surface area contributed by atoms with E-state index in [-0.39, 0.29) is 56.2 Å². The van der Waals surface area contributed by atoms with E-state index in [1.807, 2.05) is 48.5 Å². The molecule has 4 N–H and O–H groups in total. The first-order valence-electron chi connectivity index (χ1n) is 14.8. The van der Waals surface area contributed by atoms with E-state index in [2.05, 4.69) is 18.5 Å². The minimum atomic E-state index is -0.828. The van der Waals surface area contributed by atoms with E-state index in [0.717, 1.165) is 27.9 Å². The van der Waals surface area contributed by atoms with Crippen molar-refractivity contribution in [3.63, 3.8) is 0 Å². The largest absolute Gasteiger partial charge is 0.508 e. The summed E-state index contributed by atoms with van der Waals surface area (Å²) in [4.78, 5) is 44.8. The number of nitrogens with zero attached hydrogens (tertiary/aromatic N) is 5. The second kappa shape index (κ2) is 13.7. The molecule has 2 fully saturated rings. The first-order chi connectivity index (χ1) is 21.7. The van der Waals surface area contributed by atoms with Gasteiger partial charge in [-0.25, -0.2) is 10.6 Å². The van der Waals surface area contributed by atoms with Crippen LogP contribution < -0.4 is 16.2 Å².